The first-order chi connectivity index (χ1) is 17.1. The molecular weight excluding hydrogens is 444 g/mol. The number of rotatable bonds is 6. The number of ketones is 1. The minimum Gasteiger partial charge on any atom is -0.871 e. The van der Waals surface area contributed by atoms with Crippen molar-refractivity contribution in [3.05, 3.63) is 94.4 Å². The molecule has 0 saturated carbocycles. The molecule has 0 unspecified atom stereocenters. The van der Waals surface area contributed by atoms with Gasteiger partial charge in [0.15, 0.2) is 11.5 Å². The number of carbonyl (C=O) groups is 1. The topological polar surface area (TPSA) is 46.4 Å². The molecule has 0 amide bonds. The standard InChI is InChI=1S/C32H36N2O2/c1-7-17-33-25-15-11-9-13-23(25)31(3,4)27(33)19-21-29(35)22(30(21)36)20-28-32(5,6)24-14-10-12-16-26(24)34(28)18-8-2/h9-16,19-20H,7-8,17-18H2,1-6H3. The van der Waals surface area contributed by atoms with Gasteiger partial charge in [0.05, 0.1) is 5.41 Å². The van der Waals surface area contributed by atoms with Gasteiger partial charge in [-0.3, -0.25) is 4.79 Å². The van der Waals surface area contributed by atoms with E-state index in [2.05, 4.69) is 99.5 Å². The zero-order valence-electron chi connectivity index (χ0n) is 22.3. The molecule has 1 aliphatic carbocycles. The number of hydrogen-bond donors (Lipinski definition) is 0. The number of carbonyl (C=O) groups excluding carboxylic acids is 1. The summed E-state index contributed by atoms with van der Waals surface area (Å²) in [7, 11) is 0. The molecule has 5 rings (SSSR count). The molecule has 0 radical (unpaired) electrons. The smallest absolute Gasteiger partial charge is 0.209 e. The van der Waals surface area contributed by atoms with Gasteiger partial charge in [-0.25, -0.2) is 0 Å². The summed E-state index contributed by atoms with van der Waals surface area (Å²) in [5.41, 5.74) is 6.90. The predicted molar refractivity (Wildman–Crippen MR) is 145 cm³/mol. The molecule has 0 saturated heterocycles. The van der Waals surface area contributed by atoms with Gasteiger partial charge in [-0.05, 0) is 38.0 Å². The van der Waals surface area contributed by atoms with E-state index in [9.17, 15) is 9.90 Å². The SMILES string of the molecule is CCCN1/C(=C/C2=C([O-])C(=C/C3=[N+](CCC)c4ccccc4C3(C)C)/C2=O)C(C)(C)c2ccccc21. The summed E-state index contributed by atoms with van der Waals surface area (Å²) in [6, 6.07) is 16.8. The molecule has 36 heavy (non-hydrogen) atoms. The Balaban J connectivity index is 1.58. The molecule has 0 N–H and O–H groups in total. The normalized spacial score (nSPS) is 21.9. The second kappa shape index (κ2) is 8.62. The lowest BCUT2D eigenvalue weighted by atomic mass is 9.77. The first-order valence-electron chi connectivity index (χ1n) is 13.2. The van der Waals surface area contributed by atoms with Crippen molar-refractivity contribution in [2.45, 2.75) is 65.2 Å². The van der Waals surface area contributed by atoms with Gasteiger partial charge < -0.3 is 10.0 Å². The van der Waals surface area contributed by atoms with E-state index in [0.29, 0.717) is 11.1 Å². The summed E-state index contributed by atoms with van der Waals surface area (Å²) < 4.78 is 2.28. The molecule has 2 aliphatic heterocycles. The van der Waals surface area contributed by atoms with Crippen molar-refractivity contribution in [3.8, 4) is 0 Å². The lowest BCUT2D eigenvalue weighted by Crippen LogP contribution is -2.35. The Kier molecular flexibility index (Phi) is 5.82. The van der Waals surface area contributed by atoms with Crippen LogP contribution >= 0.6 is 0 Å². The molecule has 0 spiro atoms. The fourth-order valence-electron chi connectivity index (χ4n) is 6.10. The number of hydrogen-bond acceptors (Lipinski definition) is 3. The van der Waals surface area contributed by atoms with Crippen molar-refractivity contribution < 1.29 is 14.5 Å². The number of benzene rings is 2. The fraction of sp³-hybridized carbons (Fsp3) is 0.375. The van der Waals surface area contributed by atoms with Crippen molar-refractivity contribution in [3.63, 3.8) is 0 Å². The third kappa shape index (κ3) is 3.42. The molecule has 2 aromatic rings. The third-order valence-electron chi connectivity index (χ3n) is 8.03. The summed E-state index contributed by atoms with van der Waals surface area (Å²) in [6.45, 7) is 14.7. The van der Waals surface area contributed by atoms with Crippen molar-refractivity contribution in [2.24, 2.45) is 0 Å². The van der Waals surface area contributed by atoms with Gasteiger partial charge in [0.1, 0.15) is 6.54 Å². The minimum absolute atomic E-state index is 0.147. The Morgan fingerprint density at radius 2 is 1.56 bits per heavy atom. The van der Waals surface area contributed by atoms with Crippen LogP contribution in [0.1, 0.15) is 65.5 Å². The maximum atomic E-state index is 13.4. The lowest BCUT2D eigenvalue weighted by molar-refractivity contribution is -0.437. The quantitative estimate of drug-likeness (QED) is 0.394. The van der Waals surface area contributed by atoms with E-state index < -0.39 is 0 Å². The van der Waals surface area contributed by atoms with Crippen LogP contribution in [0, 0.1) is 0 Å². The van der Waals surface area contributed by atoms with Crippen molar-refractivity contribution >= 4 is 22.9 Å². The molecule has 4 heteroatoms. The van der Waals surface area contributed by atoms with Gasteiger partial charge >= 0.3 is 0 Å². The number of nitrogens with zero attached hydrogens (tertiary/aromatic N) is 2. The lowest BCUT2D eigenvalue weighted by Gasteiger charge is -2.33. The Labute approximate surface area is 215 Å². The van der Waals surface area contributed by atoms with E-state index in [1.165, 1.54) is 22.5 Å². The van der Waals surface area contributed by atoms with Crippen LogP contribution in [0.3, 0.4) is 0 Å². The molecule has 186 valence electrons. The largest absolute Gasteiger partial charge is 0.871 e. The fourth-order valence-corrected chi connectivity index (χ4v) is 6.10. The Morgan fingerprint density at radius 1 is 0.889 bits per heavy atom. The van der Waals surface area contributed by atoms with Gasteiger partial charge in [0.2, 0.25) is 5.69 Å². The second-order valence-electron chi connectivity index (χ2n) is 11.1. The molecule has 2 heterocycles. The van der Waals surface area contributed by atoms with E-state index in [0.717, 1.165) is 37.3 Å². The highest BCUT2D eigenvalue weighted by Crippen LogP contribution is 2.49. The van der Waals surface area contributed by atoms with Crippen LogP contribution in [0.2, 0.25) is 0 Å². The van der Waals surface area contributed by atoms with Gasteiger partial charge in [0, 0.05) is 58.6 Å². The zero-order valence-corrected chi connectivity index (χ0v) is 22.3. The summed E-state index contributed by atoms with van der Waals surface area (Å²) in [5.74, 6) is -0.294. The van der Waals surface area contributed by atoms with Gasteiger partial charge in [-0.1, -0.05) is 69.9 Å². The number of fused-ring (bicyclic) bond motifs is 2. The van der Waals surface area contributed by atoms with Crippen molar-refractivity contribution in [2.75, 3.05) is 18.0 Å². The predicted octanol–water partition coefficient (Wildman–Crippen LogP) is 5.69. The van der Waals surface area contributed by atoms with Crippen molar-refractivity contribution in [1.29, 1.82) is 0 Å². The number of allylic oxidation sites excluding steroid dienone is 5. The van der Waals surface area contributed by atoms with E-state index in [1.54, 1.807) is 0 Å². The molecule has 0 bridgehead atoms. The third-order valence-corrected chi connectivity index (χ3v) is 8.03. The van der Waals surface area contributed by atoms with Crippen molar-refractivity contribution in [1.82, 2.24) is 0 Å². The van der Waals surface area contributed by atoms with Crippen LogP contribution in [0.15, 0.2) is 83.3 Å². The highest BCUT2D eigenvalue weighted by atomic mass is 16.3. The Morgan fingerprint density at radius 3 is 2.22 bits per heavy atom. The second-order valence-corrected chi connectivity index (χ2v) is 11.1. The van der Waals surface area contributed by atoms with Crippen LogP contribution in [-0.4, -0.2) is 29.2 Å². The van der Waals surface area contributed by atoms with Gasteiger partial charge in [-0.15, -0.1) is 0 Å². The van der Waals surface area contributed by atoms with Crippen LogP contribution in [-0.2, 0) is 15.6 Å². The van der Waals surface area contributed by atoms with Crippen LogP contribution in [0.4, 0.5) is 11.4 Å². The molecule has 0 fully saturated rings. The minimum atomic E-state index is -0.277. The molecule has 2 aromatic carbocycles. The van der Waals surface area contributed by atoms with Crippen LogP contribution < -0.4 is 10.0 Å². The molecular formula is C32H36N2O2. The van der Waals surface area contributed by atoms with E-state index in [-0.39, 0.29) is 22.4 Å². The maximum absolute atomic E-state index is 13.4. The Hall–Kier alpha value is -3.40. The summed E-state index contributed by atoms with van der Waals surface area (Å²) in [4.78, 5) is 15.7. The number of anilines is 1. The van der Waals surface area contributed by atoms with E-state index >= 15 is 0 Å². The average Bonchev–Trinajstić information content (AvgIpc) is 3.20. The van der Waals surface area contributed by atoms with Crippen LogP contribution in [0.25, 0.3) is 0 Å². The summed E-state index contributed by atoms with van der Waals surface area (Å²) >= 11 is 0. The zero-order chi connectivity index (χ0) is 25.8. The summed E-state index contributed by atoms with van der Waals surface area (Å²) in [5, 5.41) is 13.4. The Bertz CT molecular complexity index is 1380. The van der Waals surface area contributed by atoms with E-state index in [4.69, 9.17) is 0 Å². The van der Waals surface area contributed by atoms with E-state index in [1.807, 2.05) is 12.2 Å². The van der Waals surface area contributed by atoms with Gasteiger partial charge in [0.25, 0.3) is 0 Å². The summed E-state index contributed by atoms with van der Waals surface area (Å²) in [6.07, 6.45) is 5.68. The highest BCUT2D eigenvalue weighted by molar-refractivity contribution is 6.24. The molecule has 0 atom stereocenters. The first-order valence-corrected chi connectivity index (χ1v) is 13.2. The molecule has 4 nitrogen and oxygen atoms in total. The molecule has 0 aromatic heterocycles. The molecule has 3 aliphatic rings. The van der Waals surface area contributed by atoms with Crippen LogP contribution in [0.5, 0.6) is 0 Å². The average molecular weight is 481 g/mol. The first kappa shape index (κ1) is 24.3. The maximum Gasteiger partial charge on any atom is 0.209 e. The number of para-hydroxylation sites is 2. The highest BCUT2D eigenvalue weighted by Gasteiger charge is 2.45. The van der Waals surface area contributed by atoms with Gasteiger partial charge in [-0.2, -0.15) is 4.58 Å². The number of Topliss-reactive ketones (excluding diaryl/α,β-unsaturated/α-hetero) is 1. The monoisotopic (exact) mass is 480 g/mol.